The van der Waals surface area contributed by atoms with Crippen molar-refractivity contribution in [2.75, 3.05) is 10.6 Å². The van der Waals surface area contributed by atoms with Gasteiger partial charge in [0.15, 0.2) is 5.13 Å². The largest absolute Gasteiger partial charge is 0.326 e. The predicted octanol–water partition coefficient (Wildman–Crippen LogP) is 4.87. The number of hydrogen-bond donors (Lipinski definition) is 2. The summed E-state index contributed by atoms with van der Waals surface area (Å²) in [5, 5.41) is 5.91. The van der Waals surface area contributed by atoms with E-state index in [-0.39, 0.29) is 17.6 Å². The van der Waals surface area contributed by atoms with Crippen molar-refractivity contribution in [2.45, 2.75) is 13.8 Å². The molecule has 0 radical (unpaired) electrons. The number of aromatic nitrogens is 1. The molecule has 5 nitrogen and oxygen atoms in total. The number of nitrogens with zero attached hydrogens (tertiary/aromatic N) is 1. The Morgan fingerprint density at radius 2 is 1.71 bits per heavy atom. The molecule has 0 atom stereocenters. The van der Waals surface area contributed by atoms with Gasteiger partial charge in [0.2, 0.25) is 11.8 Å². The summed E-state index contributed by atoms with van der Waals surface area (Å²) in [5.41, 5.74) is 3.04. The highest BCUT2D eigenvalue weighted by Gasteiger charge is 2.11. The average Bonchev–Trinajstić information content (AvgIpc) is 3.01. The first-order valence-corrected chi connectivity index (χ1v) is 9.32. The lowest BCUT2D eigenvalue weighted by atomic mass is 10.1. The third-order valence-electron chi connectivity index (χ3n) is 3.80. The van der Waals surface area contributed by atoms with E-state index >= 15 is 0 Å². The summed E-state index contributed by atoms with van der Waals surface area (Å²) in [6.07, 6.45) is 3.09. The Balaban J connectivity index is 1.65. The maximum absolute atomic E-state index is 13.1. The Hall–Kier alpha value is -3.32. The van der Waals surface area contributed by atoms with Gasteiger partial charge in [0, 0.05) is 29.1 Å². The van der Waals surface area contributed by atoms with Gasteiger partial charge in [0.1, 0.15) is 5.82 Å². The molecule has 0 spiro atoms. The van der Waals surface area contributed by atoms with Gasteiger partial charge in [-0.25, -0.2) is 9.37 Å². The highest BCUT2D eigenvalue weighted by Crippen LogP contribution is 2.30. The summed E-state index contributed by atoms with van der Waals surface area (Å²) in [7, 11) is 0. The highest BCUT2D eigenvalue weighted by molar-refractivity contribution is 7.16. The number of thiazole rings is 1. The van der Waals surface area contributed by atoms with E-state index < -0.39 is 0 Å². The number of nitrogens with one attached hydrogen (secondary N) is 2. The second-order valence-electron chi connectivity index (χ2n) is 6.06. The maximum atomic E-state index is 13.1. The number of carbonyl (C=O) groups is 2. The van der Waals surface area contributed by atoms with Crippen molar-refractivity contribution in [1.82, 2.24) is 4.98 Å². The van der Waals surface area contributed by atoms with Gasteiger partial charge < -0.3 is 5.32 Å². The van der Waals surface area contributed by atoms with Crippen molar-refractivity contribution in [1.29, 1.82) is 0 Å². The first-order chi connectivity index (χ1) is 13.4. The van der Waals surface area contributed by atoms with Crippen LogP contribution in [0.5, 0.6) is 0 Å². The fourth-order valence-corrected chi connectivity index (χ4v) is 3.36. The smallest absolute Gasteiger partial charge is 0.250 e. The maximum Gasteiger partial charge on any atom is 0.250 e. The van der Waals surface area contributed by atoms with Gasteiger partial charge in [0.05, 0.1) is 5.69 Å². The van der Waals surface area contributed by atoms with Gasteiger partial charge in [-0.2, -0.15) is 0 Å². The van der Waals surface area contributed by atoms with Crippen molar-refractivity contribution in [3.05, 3.63) is 70.9 Å². The van der Waals surface area contributed by atoms with E-state index in [0.717, 1.165) is 21.7 Å². The summed E-state index contributed by atoms with van der Waals surface area (Å²) in [6, 6.07) is 13.2. The molecular weight excluding hydrogens is 377 g/mol. The van der Waals surface area contributed by atoms with Crippen molar-refractivity contribution in [3.8, 4) is 11.3 Å². The van der Waals surface area contributed by atoms with Crippen molar-refractivity contribution in [3.63, 3.8) is 0 Å². The number of carbonyl (C=O) groups excluding carboxylic acids is 2. The number of hydrogen-bond acceptors (Lipinski definition) is 4. The van der Waals surface area contributed by atoms with Gasteiger partial charge in [-0.15, -0.1) is 11.3 Å². The minimum Gasteiger partial charge on any atom is -0.326 e. The summed E-state index contributed by atoms with van der Waals surface area (Å²) in [5.74, 6) is -0.743. The SMILES string of the molecule is CC(=O)Nc1ccc(/C=C/C(=O)Nc2nc(-c3ccc(F)cc3)c(C)s2)cc1. The Kier molecular flexibility index (Phi) is 5.96. The molecule has 2 N–H and O–H groups in total. The van der Waals surface area contributed by atoms with Crippen LogP contribution in [0.4, 0.5) is 15.2 Å². The third-order valence-corrected chi connectivity index (χ3v) is 4.69. The van der Waals surface area contributed by atoms with Crippen LogP contribution < -0.4 is 10.6 Å². The van der Waals surface area contributed by atoms with E-state index in [1.807, 2.05) is 6.92 Å². The summed E-state index contributed by atoms with van der Waals surface area (Å²) in [6.45, 7) is 3.35. The van der Waals surface area contributed by atoms with Gasteiger partial charge in [0.25, 0.3) is 0 Å². The van der Waals surface area contributed by atoms with E-state index in [9.17, 15) is 14.0 Å². The van der Waals surface area contributed by atoms with Crippen LogP contribution in [-0.2, 0) is 9.59 Å². The zero-order chi connectivity index (χ0) is 20.1. The lowest BCUT2D eigenvalue weighted by Gasteiger charge is -2.01. The number of halogens is 1. The van der Waals surface area contributed by atoms with Crippen LogP contribution in [-0.4, -0.2) is 16.8 Å². The van der Waals surface area contributed by atoms with Gasteiger partial charge in [-0.1, -0.05) is 12.1 Å². The fraction of sp³-hybridized carbons (Fsp3) is 0.0952. The molecule has 0 bridgehead atoms. The molecule has 1 heterocycles. The topological polar surface area (TPSA) is 71.1 Å². The van der Waals surface area contributed by atoms with Gasteiger partial charge in [-0.05, 0) is 55.0 Å². The van der Waals surface area contributed by atoms with Crippen molar-refractivity contribution >= 4 is 40.0 Å². The van der Waals surface area contributed by atoms with Crippen LogP contribution >= 0.6 is 11.3 Å². The molecule has 0 fully saturated rings. The highest BCUT2D eigenvalue weighted by atomic mass is 32.1. The third kappa shape index (κ3) is 5.11. The molecule has 1 aromatic heterocycles. The van der Waals surface area contributed by atoms with Crippen LogP contribution in [0.3, 0.4) is 0 Å². The molecule has 7 heteroatoms. The van der Waals surface area contributed by atoms with E-state index in [1.165, 1.54) is 36.5 Å². The lowest BCUT2D eigenvalue weighted by molar-refractivity contribution is -0.114. The van der Waals surface area contributed by atoms with Crippen molar-refractivity contribution < 1.29 is 14.0 Å². The van der Waals surface area contributed by atoms with E-state index in [2.05, 4.69) is 15.6 Å². The first kappa shape index (κ1) is 19.4. The Morgan fingerprint density at radius 1 is 1.04 bits per heavy atom. The Morgan fingerprint density at radius 3 is 2.36 bits per heavy atom. The summed E-state index contributed by atoms with van der Waals surface area (Å²) < 4.78 is 13.1. The molecular formula is C21H18FN3O2S. The number of amides is 2. The molecule has 0 unspecified atom stereocenters. The van der Waals surface area contributed by atoms with Crippen LogP contribution in [0.15, 0.2) is 54.6 Å². The van der Waals surface area contributed by atoms with Gasteiger partial charge in [-0.3, -0.25) is 14.9 Å². The molecule has 0 saturated heterocycles. The first-order valence-electron chi connectivity index (χ1n) is 8.51. The molecule has 2 amide bonds. The second kappa shape index (κ2) is 8.58. The number of aryl methyl sites for hydroxylation is 1. The minimum atomic E-state index is -0.305. The van der Waals surface area contributed by atoms with Crippen LogP contribution in [0, 0.1) is 12.7 Å². The van der Waals surface area contributed by atoms with Gasteiger partial charge >= 0.3 is 0 Å². The number of rotatable bonds is 5. The molecule has 0 aliphatic heterocycles. The summed E-state index contributed by atoms with van der Waals surface area (Å²) in [4.78, 5) is 28.5. The van der Waals surface area contributed by atoms with Crippen LogP contribution in [0.25, 0.3) is 17.3 Å². The van der Waals surface area contributed by atoms with Crippen LogP contribution in [0.2, 0.25) is 0 Å². The van der Waals surface area contributed by atoms with E-state index in [4.69, 9.17) is 0 Å². The van der Waals surface area contributed by atoms with E-state index in [1.54, 1.807) is 42.5 Å². The predicted molar refractivity (Wildman–Crippen MR) is 111 cm³/mol. The number of anilines is 2. The summed E-state index contributed by atoms with van der Waals surface area (Å²) >= 11 is 1.36. The Labute approximate surface area is 165 Å². The zero-order valence-corrected chi connectivity index (χ0v) is 16.1. The van der Waals surface area contributed by atoms with Crippen molar-refractivity contribution in [2.24, 2.45) is 0 Å². The number of benzene rings is 2. The standard InChI is InChI=1S/C21H18FN3O2S/c1-13-20(16-6-8-17(22)9-7-16)25-21(28-13)24-19(27)12-5-15-3-10-18(11-4-15)23-14(2)26/h3-12H,1-2H3,(H,23,26)(H,24,25,27)/b12-5+. The molecule has 0 aliphatic carbocycles. The molecule has 3 rings (SSSR count). The minimum absolute atomic E-state index is 0.138. The molecule has 0 saturated carbocycles. The fourth-order valence-electron chi connectivity index (χ4n) is 2.53. The monoisotopic (exact) mass is 395 g/mol. The van der Waals surface area contributed by atoms with Crippen LogP contribution in [0.1, 0.15) is 17.4 Å². The molecule has 28 heavy (non-hydrogen) atoms. The Bertz CT molecular complexity index is 1020. The molecule has 2 aromatic carbocycles. The zero-order valence-electron chi connectivity index (χ0n) is 15.3. The lowest BCUT2D eigenvalue weighted by Crippen LogP contribution is -2.07. The quantitative estimate of drug-likeness (QED) is 0.606. The normalized spacial score (nSPS) is 10.8. The molecule has 142 valence electrons. The molecule has 0 aliphatic rings. The second-order valence-corrected chi connectivity index (χ2v) is 7.26. The van der Waals surface area contributed by atoms with E-state index in [0.29, 0.717) is 10.8 Å². The average molecular weight is 395 g/mol. The molecule has 3 aromatic rings.